The van der Waals surface area contributed by atoms with E-state index in [1.54, 1.807) is 0 Å². The fourth-order valence-electron chi connectivity index (χ4n) is 2.51. The molecule has 0 saturated carbocycles. The summed E-state index contributed by atoms with van der Waals surface area (Å²) in [7, 11) is 0. The molecular weight excluding hydrogens is 206 g/mol. The van der Waals surface area contributed by atoms with Crippen molar-refractivity contribution in [2.75, 3.05) is 6.54 Å². The number of unbranched alkanes of at least 4 members (excludes halogenated alkanes) is 1. The molecular formula is C16H35N. The van der Waals surface area contributed by atoms with E-state index in [0.29, 0.717) is 0 Å². The quantitative estimate of drug-likeness (QED) is 0.536. The van der Waals surface area contributed by atoms with Gasteiger partial charge in [0.25, 0.3) is 0 Å². The van der Waals surface area contributed by atoms with Crippen molar-refractivity contribution >= 4 is 0 Å². The third kappa shape index (κ3) is 9.64. The average Bonchev–Trinajstić information content (AvgIpc) is 2.31. The molecule has 0 aromatic rings. The van der Waals surface area contributed by atoms with Crippen LogP contribution in [0.15, 0.2) is 0 Å². The summed E-state index contributed by atoms with van der Waals surface area (Å²) in [4.78, 5) is 0. The van der Waals surface area contributed by atoms with Gasteiger partial charge in [-0.05, 0) is 37.6 Å². The van der Waals surface area contributed by atoms with Crippen LogP contribution in [0.3, 0.4) is 0 Å². The highest BCUT2D eigenvalue weighted by Crippen LogP contribution is 2.21. The van der Waals surface area contributed by atoms with Crippen molar-refractivity contribution in [1.29, 1.82) is 0 Å². The first kappa shape index (κ1) is 17.0. The lowest BCUT2D eigenvalue weighted by Crippen LogP contribution is -2.31. The number of hydrogen-bond acceptors (Lipinski definition) is 1. The standard InChI is InChI=1S/C16H35N/c1-6-9-10-15(7-2)13-16(17-8-3)12-11-14(4)5/h14-17H,6-13H2,1-5H3. The molecule has 0 amide bonds. The summed E-state index contributed by atoms with van der Waals surface area (Å²) in [6, 6.07) is 0.754. The van der Waals surface area contributed by atoms with Crippen LogP contribution < -0.4 is 5.32 Å². The highest BCUT2D eigenvalue weighted by atomic mass is 14.9. The van der Waals surface area contributed by atoms with E-state index in [1.807, 2.05) is 0 Å². The second-order valence-electron chi connectivity index (χ2n) is 5.88. The van der Waals surface area contributed by atoms with Crippen LogP contribution in [0, 0.1) is 11.8 Å². The summed E-state index contributed by atoms with van der Waals surface area (Å²) in [5.41, 5.74) is 0. The monoisotopic (exact) mass is 241 g/mol. The van der Waals surface area contributed by atoms with E-state index in [9.17, 15) is 0 Å². The number of hydrogen-bond donors (Lipinski definition) is 1. The molecule has 17 heavy (non-hydrogen) atoms. The van der Waals surface area contributed by atoms with Crippen molar-refractivity contribution in [3.63, 3.8) is 0 Å². The zero-order valence-corrected chi connectivity index (χ0v) is 12.9. The first-order chi connectivity index (χ1) is 8.13. The Labute approximate surface area is 110 Å². The van der Waals surface area contributed by atoms with Crippen LogP contribution in [0.25, 0.3) is 0 Å². The third-order valence-corrected chi connectivity index (χ3v) is 3.75. The molecule has 2 unspecified atom stereocenters. The molecule has 0 aliphatic heterocycles. The van der Waals surface area contributed by atoms with Crippen molar-refractivity contribution in [3.05, 3.63) is 0 Å². The third-order valence-electron chi connectivity index (χ3n) is 3.75. The van der Waals surface area contributed by atoms with Crippen LogP contribution in [0.5, 0.6) is 0 Å². The largest absolute Gasteiger partial charge is 0.314 e. The molecule has 0 aliphatic carbocycles. The van der Waals surface area contributed by atoms with Gasteiger partial charge < -0.3 is 5.32 Å². The smallest absolute Gasteiger partial charge is 0.00696 e. The lowest BCUT2D eigenvalue weighted by atomic mass is 9.89. The average molecular weight is 241 g/mol. The molecule has 0 spiro atoms. The second-order valence-corrected chi connectivity index (χ2v) is 5.88. The van der Waals surface area contributed by atoms with Gasteiger partial charge >= 0.3 is 0 Å². The van der Waals surface area contributed by atoms with Gasteiger partial charge in [-0.25, -0.2) is 0 Å². The van der Waals surface area contributed by atoms with Gasteiger partial charge in [-0.3, -0.25) is 0 Å². The molecule has 0 aromatic carbocycles. The Balaban J connectivity index is 4.00. The lowest BCUT2D eigenvalue weighted by molar-refractivity contribution is 0.327. The number of nitrogens with one attached hydrogen (secondary N) is 1. The van der Waals surface area contributed by atoms with E-state index < -0.39 is 0 Å². The molecule has 0 bridgehead atoms. The maximum Gasteiger partial charge on any atom is 0.00696 e. The van der Waals surface area contributed by atoms with E-state index in [0.717, 1.165) is 24.4 Å². The van der Waals surface area contributed by atoms with Crippen LogP contribution in [0.2, 0.25) is 0 Å². The highest BCUT2D eigenvalue weighted by molar-refractivity contribution is 4.72. The molecule has 0 fully saturated rings. The minimum absolute atomic E-state index is 0.754. The normalized spacial score (nSPS) is 15.2. The lowest BCUT2D eigenvalue weighted by Gasteiger charge is -2.24. The van der Waals surface area contributed by atoms with E-state index >= 15 is 0 Å². The topological polar surface area (TPSA) is 12.0 Å². The van der Waals surface area contributed by atoms with Gasteiger partial charge in [-0.1, -0.05) is 60.3 Å². The van der Waals surface area contributed by atoms with Crippen molar-refractivity contribution in [1.82, 2.24) is 5.32 Å². The molecule has 104 valence electrons. The summed E-state index contributed by atoms with van der Waals surface area (Å²) in [5, 5.41) is 3.68. The molecule has 1 heteroatoms. The Morgan fingerprint density at radius 1 is 0.941 bits per heavy atom. The fraction of sp³-hybridized carbons (Fsp3) is 1.00. The van der Waals surface area contributed by atoms with Crippen LogP contribution >= 0.6 is 0 Å². The maximum atomic E-state index is 3.68. The zero-order chi connectivity index (χ0) is 13.1. The Bertz CT molecular complexity index is 154. The summed E-state index contributed by atoms with van der Waals surface area (Å²) in [6.07, 6.45) is 9.63. The highest BCUT2D eigenvalue weighted by Gasteiger charge is 2.14. The minimum Gasteiger partial charge on any atom is -0.314 e. The summed E-state index contributed by atoms with van der Waals surface area (Å²) >= 11 is 0. The molecule has 0 radical (unpaired) electrons. The van der Waals surface area contributed by atoms with Crippen LogP contribution in [-0.2, 0) is 0 Å². The van der Waals surface area contributed by atoms with E-state index in [4.69, 9.17) is 0 Å². The van der Waals surface area contributed by atoms with Crippen LogP contribution in [0.1, 0.15) is 79.6 Å². The fourth-order valence-corrected chi connectivity index (χ4v) is 2.51. The van der Waals surface area contributed by atoms with Gasteiger partial charge in [0.05, 0.1) is 0 Å². The first-order valence-corrected chi connectivity index (χ1v) is 7.87. The van der Waals surface area contributed by atoms with Gasteiger partial charge in [0.1, 0.15) is 0 Å². The predicted octanol–water partition coefficient (Wildman–Crippen LogP) is 5.01. The second kappa shape index (κ2) is 11.1. The summed E-state index contributed by atoms with van der Waals surface area (Å²) < 4.78 is 0. The number of rotatable bonds is 11. The van der Waals surface area contributed by atoms with Crippen LogP contribution in [0.4, 0.5) is 0 Å². The van der Waals surface area contributed by atoms with Gasteiger partial charge in [0, 0.05) is 6.04 Å². The van der Waals surface area contributed by atoms with Crippen molar-refractivity contribution in [2.24, 2.45) is 11.8 Å². The molecule has 2 atom stereocenters. The van der Waals surface area contributed by atoms with E-state index in [2.05, 4.69) is 39.9 Å². The maximum absolute atomic E-state index is 3.68. The summed E-state index contributed by atoms with van der Waals surface area (Å²) in [6.45, 7) is 12.7. The van der Waals surface area contributed by atoms with Crippen molar-refractivity contribution < 1.29 is 0 Å². The summed E-state index contributed by atoms with van der Waals surface area (Å²) in [5.74, 6) is 1.78. The van der Waals surface area contributed by atoms with Gasteiger partial charge in [0.15, 0.2) is 0 Å². The Morgan fingerprint density at radius 3 is 2.12 bits per heavy atom. The van der Waals surface area contributed by atoms with E-state index in [1.165, 1.54) is 44.9 Å². The van der Waals surface area contributed by atoms with Crippen molar-refractivity contribution in [2.45, 2.75) is 85.6 Å². The predicted molar refractivity (Wildman–Crippen MR) is 79.5 cm³/mol. The molecule has 0 aromatic heterocycles. The van der Waals surface area contributed by atoms with Gasteiger partial charge in [-0.2, -0.15) is 0 Å². The van der Waals surface area contributed by atoms with Gasteiger partial charge in [0.2, 0.25) is 0 Å². The molecule has 0 heterocycles. The Morgan fingerprint density at radius 2 is 1.65 bits per heavy atom. The van der Waals surface area contributed by atoms with Crippen molar-refractivity contribution in [3.8, 4) is 0 Å². The Kier molecular flexibility index (Phi) is 11.0. The molecule has 0 rings (SSSR count). The Hall–Kier alpha value is -0.0400. The molecule has 0 saturated heterocycles. The SMILES string of the molecule is CCCCC(CC)CC(CCC(C)C)NCC. The van der Waals surface area contributed by atoms with Gasteiger partial charge in [-0.15, -0.1) is 0 Å². The zero-order valence-electron chi connectivity index (χ0n) is 12.9. The molecule has 1 N–H and O–H groups in total. The first-order valence-electron chi connectivity index (χ1n) is 7.87. The van der Waals surface area contributed by atoms with E-state index in [-0.39, 0.29) is 0 Å². The molecule has 1 nitrogen and oxygen atoms in total. The molecule has 0 aliphatic rings. The minimum atomic E-state index is 0.754. The van der Waals surface area contributed by atoms with Crippen LogP contribution in [-0.4, -0.2) is 12.6 Å².